The molecule has 0 saturated carbocycles. The molecule has 1 heterocycles. The summed E-state index contributed by atoms with van der Waals surface area (Å²) in [6.45, 7) is 1.48. The van der Waals surface area contributed by atoms with Gasteiger partial charge in [-0.25, -0.2) is 0 Å². The van der Waals surface area contributed by atoms with Gasteiger partial charge in [-0.2, -0.15) is 0 Å². The Morgan fingerprint density at radius 3 is 2.44 bits per heavy atom. The van der Waals surface area contributed by atoms with Gasteiger partial charge in [0.2, 0.25) is 5.91 Å². The Balaban J connectivity index is 1.96. The number of amides is 1. The molecule has 0 aliphatic carbocycles. The minimum Gasteiger partial charge on any atom is -0.508 e. The number of likely N-dealkylation sites (tertiary alicyclic amines) is 1. The van der Waals surface area contributed by atoms with Gasteiger partial charge in [-0.3, -0.25) is 4.79 Å². The van der Waals surface area contributed by atoms with Gasteiger partial charge in [-0.05, 0) is 30.5 Å². The number of benzene rings is 1. The molecule has 0 bridgehead atoms. The summed E-state index contributed by atoms with van der Waals surface area (Å²) in [7, 11) is 0. The zero-order chi connectivity index (χ0) is 11.5. The van der Waals surface area contributed by atoms with Crippen molar-refractivity contribution in [3.8, 4) is 11.5 Å². The Hall–Kier alpha value is -1.71. The number of hydrogen-bond acceptors (Lipinski definition) is 3. The summed E-state index contributed by atoms with van der Waals surface area (Å²) < 4.78 is 0. The highest BCUT2D eigenvalue weighted by atomic mass is 16.3. The third-order valence-corrected chi connectivity index (χ3v) is 2.80. The highest BCUT2D eigenvalue weighted by Gasteiger charge is 2.19. The van der Waals surface area contributed by atoms with Crippen LogP contribution in [0.5, 0.6) is 11.5 Å². The Morgan fingerprint density at radius 2 is 1.88 bits per heavy atom. The number of phenolic OH excluding ortho intramolecular Hbond substituents is 2. The SMILES string of the molecule is O=C1CCCN1CCc1cc(O)cc(O)c1. The van der Waals surface area contributed by atoms with E-state index in [0.29, 0.717) is 19.4 Å². The standard InChI is InChI=1S/C12H15NO3/c14-10-6-9(7-11(15)8-10)3-5-13-4-1-2-12(13)16/h6-8,14-15H,1-5H2. The lowest BCUT2D eigenvalue weighted by atomic mass is 10.1. The molecule has 1 aliphatic rings. The first kappa shape index (κ1) is 10.8. The van der Waals surface area contributed by atoms with Crippen LogP contribution in [0.25, 0.3) is 0 Å². The molecule has 0 atom stereocenters. The van der Waals surface area contributed by atoms with Crippen molar-refractivity contribution in [1.82, 2.24) is 4.90 Å². The van der Waals surface area contributed by atoms with E-state index in [1.807, 2.05) is 4.90 Å². The molecule has 0 spiro atoms. The van der Waals surface area contributed by atoms with Gasteiger partial charge in [0.25, 0.3) is 0 Å². The first-order valence-electron chi connectivity index (χ1n) is 5.45. The molecular formula is C12H15NO3. The number of hydrogen-bond donors (Lipinski definition) is 2. The largest absolute Gasteiger partial charge is 0.508 e. The predicted octanol–water partition coefficient (Wildman–Crippen LogP) is 1.26. The summed E-state index contributed by atoms with van der Waals surface area (Å²) in [5.74, 6) is 0.315. The van der Waals surface area contributed by atoms with Gasteiger partial charge in [-0.1, -0.05) is 0 Å². The molecule has 1 aromatic carbocycles. The minimum atomic E-state index is 0.0581. The second-order valence-electron chi connectivity index (χ2n) is 4.09. The minimum absolute atomic E-state index is 0.0581. The first-order chi connectivity index (χ1) is 7.65. The van der Waals surface area contributed by atoms with Crippen molar-refractivity contribution in [3.63, 3.8) is 0 Å². The Labute approximate surface area is 94.1 Å². The van der Waals surface area contributed by atoms with Crippen LogP contribution in [-0.2, 0) is 11.2 Å². The van der Waals surface area contributed by atoms with Crippen LogP contribution < -0.4 is 0 Å². The van der Waals surface area contributed by atoms with Crippen LogP contribution in [0, 0.1) is 0 Å². The van der Waals surface area contributed by atoms with Crippen LogP contribution in [0.3, 0.4) is 0 Å². The lowest BCUT2D eigenvalue weighted by Crippen LogP contribution is -2.26. The second-order valence-corrected chi connectivity index (χ2v) is 4.09. The lowest BCUT2D eigenvalue weighted by Gasteiger charge is -2.15. The molecule has 2 rings (SSSR count). The van der Waals surface area contributed by atoms with E-state index in [1.54, 1.807) is 12.1 Å². The Bertz CT molecular complexity index is 383. The summed E-state index contributed by atoms with van der Waals surface area (Å²) in [5.41, 5.74) is 0.845. The third-order valence-electron chi connectivity index (χ3n) is 2.80. The molecule has 0 aromatic heterocycles. The maximum Gasteiger partial charge on any atom is 0.222 e. The number of phenols is 2. The van der Waals surface area contributed by atoms with E-state index in [1.165, 1.54) is 6.07 Å². The van der Waals surface area contributed by atoms with Crippen LogP contribution in [0.2, 0.25) is 0 Å². The summed E-state index contributed by atoms with van der Waals surface area (Å²) in [5, 5.41) is 18.6. The van der Waals surface area contributed by atoms with Gasteiger partial charge in [0, 0.05) is 25.6 Å². The normalized spacial score (nSPS) is 15.8. The fourth-order valence-corrected chi connectivity index (χ4v) is 2.01. The number of rotatable bonds is 3. The molecule has 1 aliphatic heterocycles. The highest BCUT2D eigenvalue weighted by molar-refractivity contribution is 5.78. The molecule has 1 aromatic rings. The third kappa shape index (κ3) is 2.45. The van der Waals surface area contributed by atoms with Gasteiger partial charge in [0.15, 0.2) is 0 Å². The second kappa shape index (κ2) is 4.43. The number of carbonyl (C=O) groups excluding carboxylic acids is 1. The van der Waals surface area contributed by atoms with Crippen molar-refractivity contribution in [2.45, 2.75) is 19.3 Å². The topological polar surface area (TPSA) is 60.8 Å². The molecule has 86 valence electrons. The van der Waals surface area contributed by atoms with E-state index in [4.69, 9.17) is 0 Å². The van der Waals surface area contributed by atoms with E-state index in [-0.39, 0.29) is 17.4 Å². The zero-order valence-corrected chi connectivity index (χ0v) is 9.02. The van der Waals surface area contributed by atoms with Crippen LogP contribution in [0.15, 0.2) is 18.2 Å². The number of carbonyl (C=O) groups is 1. The fourth-order valence-electron chi connectivity index (χ4n) is 2.01. The van der Waals surface area contributed by atoms with Crippen LogP contribution >= 0.6 is 0 Å². The maximum atomic E-state index is 11.4. The van der Waals surface area contributed by atoms with Crippen LogP contribution in [-0.4, -0.2) is 34.1 Å². The van der Waals surface area contributed by atoms with Crippen molar-refractivity contribution in [2.75, 3.05) is 13.1 Å². The molecule has 1 saturated heterocycles. The Kier molecular flexibility index (Phi) is 2.99. The summed E-state index contributed by atoms with van der Waals surface area (Å²) in [6, 6.07) is 4.52. The average Bonchev–Trinajstić information content (AvgIpc) is 2.59. The maximum absolute atomic E-state index is 11.4. The van der Waals surface area contributed by atoms with Gasteiger partial charge in [-0.15, -0.1) is 0 Å². The molecule has 1 fully saturated rings. The first-order valence-corrected chi connectivity index (χ1v) is 5.45. The number of aromatic hydroxyl groups is 2. The van der Waals surface area contributed by atoms with Crippen molar-refractivity contribution in [3.05, 3.63) is 23.8 Å². The summed E-state index contributed by atoms with van der Waals surface area (Å²) >= 11 is 0. The van der Waals surface area contributed by atoms with E-state index in [2.05, 4.69) is 0 Å². The van der Waals surface area contributed by atoms with E-state index in [9.17, 15) is 15.0 Å². The lowest BCUT2D eigenvalue weighted by molar-refractivity contribution is -0.127. The van der Waals surface area contributed by atoms with Crippen LogP contribution in [0.1, 0.15) is 18.4 Å². The predicted molar refractivity (Wildman–Crippen MR) is 59.3 cm³/mol. The van der Waals surface area contributed by atoms with Crippen molar-refractivity contribution in [2.24, 2.45) is 0 Å². The van der Waals surface area contributed by atoms with Gasteiger partial charge < -0.3 is 15.1 Å². The van der Waals surface area contributed by atoms with Gasteiger partial charge in [0.05, 0.1) is 0 Å². The monoisotopic (exact) mass is 221 g/mol. The van der Waals surface area contributed by atoms with Gasteiger partial charge >= 0.3 is 0 Å². The molecule has 2 N–H and O–H groups in total. The Morgan fingerprint density at radius 1 is 1.19 bits per heavy atom. The van der Waals surface area contributed by atoms with Crippen LogP contribution in [0.4, 0.5) is 0 Å². The van der Waals surface area contributed by atoms with E-state index < -0.39 is 0 Å². The summed E-state index contributed by atoms with van der Waals surface area (Å²) in [6.07, 6.45) is 2.24. The molecule has 0 unspecified atom stereocenters. The molecule has 16 heavy (non-hydrogen) atoms. The molecule has 0 radical (unpaired) electrons. The van der Waals surface area contributed by atoms with E-state index in [0.717, 1.165) is 18.5 Å². The van der Waals surface area contributed by atoms with Crippen molar-refractivity contribution >= 4 is 5.91 Å². The molecule has 4 nitrogen and oxygen atoms in total. The number of nitrogens with zero attached hydrogens (tertiary/aromatic N) is 1. The van der Waals surface area contributed by atoms with E-state index >= 15 is 0 Å². The smallest absolute Gasteiger partial charge is 0.222 e. The van der Waals surface area contributed by atoms with Crippen molar-refractivity contribution < 1.29 is 15.0 Å². The van der Waals surface area contributed by atoms with Crippen molar-refractivity contribution in [1.29, 1.82) is 0 Å². The zero-order valence-electron chi connectivity index (χ0n) is 9.02. The molecular weight excluding hydrogens is 206 g/mol. The fraction of sp³-hybridized carbons (Fsp3) is 0.417. The summed E-state index contributed by atoms with van der Waals surface area (Å²) in [4.78, 5) is 13.2. The average molecular weight is 221 g/mol. The van der Waals surface area contributed by atoms with Gasteiger partial charge in [0.1, 0.15) is 11.5 Å². The quantitative estimate of drug-likeness (QED) is 0.807. The molecule has 1 amide bonds. The highest BCUT2D eigenvalue weighted by Crippen LogP contribution is 2.21. The molecule has 4 heteroatoms.